The van der Waals surface area contributed by atoms with E-state index >= 15 is 0 Å². The molecule has 1 N–H and O–H groups in total. The van der Waals surface area contributed by atoms with Crippen molar-refractivity contribution in [2.45, 2.75) is 77.5 Å². The molecule has 2 saturated heterocycles. The van der Waals surface area contributed by atoms with Gasteiger partial charge in [0.1, 0.15) is 11.5 Å². The van der Waals surface area contributed by atoms with Gasteiger partial charge in [0.25, 0.3) is 0 Å². The number of furan rings is 1. The molecule has 3 rings (SSSR count). The first-order valence-electron chi connectivity index (χ1n) is 9.39. The van der Waals surface area contributed by atoms with E-state index in [4.69, 9.17) is 9.15 Å². The zero-order valence-electron chi connectivity index (χ0n) is 16.0. The van der Waals surface area contributed by atoms with Crippen LogP contribution in [0.1, 0.15) is 58.5 Å². The largest absolute Gasteiger partial charge is 0.465 e. The van der Waals surface area contributed by atoms with Gasteiger partial charge in [-0.1, -0.05) is 0 Å². The first-order valence-corrected chi connectivity index (χ1v) is 9.39. The minimum atomic E-state index is 0.163. The summed E-state index contributed by atoms with van der Waals surface area (Å²) in [6.07, 6.45) is 3.53. The lowest BCUT2D eigenvalue weighted by Crippen LogP contribution is -2.62. The Morgan fingerprint density at radius 3 is 2.42 bits per heavy atom. The summed E-state index contributed by atoms with van der Waals surface area (Å²) in [4.78, 5) is 2.65. The van der Waals surface area contributed by atoms with Crippen molar-refractivity contribution in [3.05, 3.63) is 23.7 Å². The van der Waals surface area contributed by atoms with Crippen molar-refractivity contribution < 1.29 is 9.15 Å². The quantitative estimate of drug-likeness (QED) is 0.890. The van der Waals surface area contributed by atoms with Gasteiger partial charge in [0.15, 0.2) is 0 Å². The predicted octanol–water partition coefficient (Wildman–Crippen LogP) is 3.74. The Hall–Kier alpha value is -0.840. The second kappa shape index (κ2) is 6.81. The topological polar surface area (TPSA) is 37.6 Å². The molecule has 1 unspecified atom stereocenters. The fourth-order valence-electron chi connectivity index (χ4n) is 4.70. The van der Waals surface area contributed by atoms with Gasteiger partial charge in [0.05, 0.1) is 13.2 Å². The highest BCUT2D eigenvalue weighted by Gasteiger charge is 2.40. The lowest BCUT2D eigenvalue weighted by Gasteiger charge is -2.50. The maximum Gasteiger partial charge on any atom is 0.118 e. The number of nitrogens with zero attached hydrogens (tertiary/aromatic N) is 1. The van der Waals surface area contributed by atoms with Crippen LogP contribution in [0.15, 0.2) is 16.5 Å². The number of aryl methyl sites for hydroxylation is 1. The van der Waals surface area contributed by atoms with Crippen LogP contribution in [0.2, 0.25) is 0 Å². The molecule has 1 aromatic rings. The molecule has 24 heavy (non-hydrogen) atoms. The zero-order valence-corrected chi connectivity index (χ0v) is 16.0. The molecule has 3 heterocycles. The van der Waals surface area contributed by atoms with E-state index < -0.39 is 0 Å². The standard InChI is InChI=1S/C20H34N2O2/c1-15-6-7-18(24-15)13-22(12-16-8-9-23-14-16)17-10-19(2,3)21-20(4,5)11-17/h6-7,16-17,21H,8-14H2,1-5H3. The highest BCUT2D eigenvalue weighted by Crippen LogP contribution is 2.33. The molecule has 2 aliphatic heterocycles. The van der Waals surface area contributed by atoms with Crippen LogP contribution in [0.4, 0.5) is 0 Å². The van der Waals surface area contributed by atoms with Gasteiger partial charge < -0.3 is 14.5 Å². The molecule has 0 bridgehead atoms. The van der Waals surface area contributed by atoms with Crippen molar-refractivity contribution in [2.24, 2.45) is 5.92 Å². The Kier molecular flexibility index (Phi) is 5.10. The van der Waals surface area contributed by atoms with Crippen molar-refractivity contribution in [3.8, 4) is 0 Å². The highest BCUT2D eigenvalue weighted by molar-refractivity contribution is 5.07. The van der Waals surface area contributed by atoms with Gasteiger partial charge in [0.2, 0.25) is 0 Å². The second-order valence-electron chi connectivity index (χ2n) is 9.13. The number of hydrogen-bond donors (Lipinski definition) is 1. The molecule has 2 aliphatic rings. The molecule has 0 aromatic carbocycles. The van der Waals surface area contributed by atoms with Gasteiger partial charge in [0, 0.05) is 30.3 Å². The first-order chi connectivity index (χ1) is 11.2. The van der Waals surface area contributed by atoms with Crippen LogP contribution < -0.4 is 5.32 Å². The third-order valence-electron chi connectivity index (χ3n) is 5.36. The summed E-state index contributed by atoms with van der Waals surface area (Å²) in [6, 6.07) is 4.77. The highest BCUT2D eigenvalue weighted by atomic mass is 16.5. The molecule has 0 aliphatic carbocycles. The molecule has 1 atom stereocenters. The molecule has 4 heteroatoms. The van der Waals surface area contributed by atoms with E-state index in [2.05, 4.69) is 50.0 Å². The Balaban J connectivity index is 1.76. The second-order valence-corrected chi connectivity index (χ2v) is 9.13. The molecule has 4 nitrogen and oxygen atoms in total. The van der Waals surface area contributed by atoms with Crippen LogP contribution in [0.5, 0.6) is 0 Å². The van der Waals surface area contributed by atoms with Crippen LogP contribution >= 0.6 is 0 Å². The van der Waals surface area contributed by atoms with Gasteiger partial charge in [-0.2, -0.15) is 0 Å². The molecule has 0 spiro atoms. The van der Waals surface area contributed by atoms with E-state index in [-0.39, 0.29) is 11.1 Å². The number of hydrogen-bond acceptors (Lipinski definition) is 4. The van der Waals surface area contributed by atoms with Crippen LogP contribution in [0.25, 0.3) is 0 Å². The van der Waals surface area contributed by atoms with Crippen LogP contribution in [-0.2, 0) is 11.3 Å². The lowest BCUT2D eigenvalue weighted by atomic mass is 9.78. The maximum atomic E-state index is 5.88. The average Bonchev–Trinajstić information content (AvgIpc) is 3.06. The molecule has 2 fully saturated rings. The van der Waals surface area contributed by atoms with Crippen molar-refractivity contribution >= 4 is 0 Å². The van der Waals surface area contributed by atoms with E-state index in [0.717, 1.165) is 37.8 Å². The van der Waals surface area contributed by atoms with Crippen molar-refractivity contribution in [2.75, 3.05) is 19.8 Å². The smallest absolute Gasteiger partial charge is 0.118 e. The van der Waals surface area contributed by atoms with Gasteiger partial charge in [-0.15, -0.1) is 0 Å². The Morgan fingerprint density at radius 2 is 1.88 bits per heavy atom. The van der Waals surface area contributed by atoms with Crippen LogP contribution in [0.3, 0.4) is 0 Å². The minimum Gasteiger partial charge on any atom is -0.465 e. The summed E-state index contributed by atoms with van der Waals surface area (Å²) >= 11 is 0. The van der Waals surface area contributed by atoms with E-state index in [1.165, 1.54) is 19.3 Å². The predicted molar refractivity (Wildman–Crippen MR) is 97.1 cm³/mol. The molecular formula is C20H34N2O2. The lowest BCUT2D eigenvalue weighted by molar-refractivity contribution is 0.0452. The Bertz CT molecular complexity index is 528. The third kappa shape index (κ3) is 4.62. The van der Waals surface area contributed by atoms with Gasteiger partial charge >= 0.3 is 0 Å². The molecule has 0 radical (unpaired) electrons. The first kappa shape index (κ1) is 18.0. The third-order valence-corrected chi connectivity index (χ3v) is 5.36. The Labute approximate surface area is 146 Å². The molecule has 1 aromatic heterocycles. The summed E-state index contributed by atoms with van der Waals surface area (Å²) in [5.41, 5.74) is 0.325. The monoisotopic (exact) mass is 334 g/mol. The summed E-state index contributed by atoms with van der Waals surface area (Å²) < 4.78 is 11.5. The van der Waals surface area contributed by atoms with E-state index in [1.807, 2.05) is 6.92 Å². The minimum absolute atomic E-state index is 0.163. The van der Waals surface area contributed by atoms with Gasteiger partial charge in [-0.25, -0.2) is 0 Å². The van der Waals surface area contributed by atoms with Crippen LogP contribution in [-0.4, -0.2) is 41.8 Å². The number of ether oxygens (including phenoxy) is 1. The Morgan fingerprint density at radius 1 is 1.17 bits per heavy atom. The van der Waals surface area contributed by atoms with E-state index in [0.29, 0.717) is 12.0 Å². The van der Waals surface area contributed by atoms with E-state index in [1.54, 1.807) is 0 Å². The molecule has 136 valence electrons. The molecular weight excluding hydrogens is 300 g/mol. The molecule has 0 amide bonds. The van der Waals surface area contributed by atoms with Gasteiger partial charge in [-0.05, 0) is 71.9 Å². The van der Waals surface area contributed by atoms with Crippen LogP contribution in [0, 0.1) is 12.8 Å². The number of piperidine rings is 1. The summed E-state index contributed by atoms with van der Waals surface area (Å²) in [6.45, 7) is 15.2. The van der Waals surface area contributed by atoms with Crippen molar-refractivity contribution in [3.63, 3.8) is 0 Å². The summed E-state index contributed by atoms with van der Waals surface area (Å²) in [5, 5.41) is 3.80. The SMILES string of the molecule is Cc1ccc(CN(CC2CCOC2)C2CC(C)(C)NC(C)(C)C2)o1. The fraction of sp³-hybridized carbons (Fsp3) is 0.800. The van der Waals surface area contributed by atoms with E-state index in [9.17, 15) is 0 Å². The normalized spacial score (nSPS) is 27.0. The zero-order chi connectivity index (χ0) is 17.4. The average molecular weight is 335 g/mol. The van der Waals surface area contributed by atoms with Crippen molar-refractivity contribution in [1.29, 1.82) is 0 Å². The summed E-state index contributed by atoms with van der Waals surface area (Å²) in [7, 11) is 0. The molecule has 0 saturated carbocycles. The van der Waals surface area contributed by atoms with Crippen molar-refractivity contribution in [1.82, 2.24) is 10.2 Å². The number of nitrogens with one attached hydrogen (secondary N) is 1. The summed E-state index contributed by atoms with van der Waals surface area (Å²) in [5.74, 6) is 2.74. The number of rotatable bonds is 5. The van der Waals surface area contributed by atoms with Gasteiger partial charge in [-0.3, -0.25) is 4.90 Å². The maximum absolute atomic E-state index is 5.88. The fourth-order valence-corrected chi connectivity index (χ4v) is 4.70.